The number of fused-ring (bicyclic) bond motifs is 1. The lowest BCUT2D eigenvalue weighted by atomic mass is 10.1. The fraction of sp³-hybridized carbons (Fsp3) is 0.357. The molecule has 10 heteroatoms. The highest BCUT2D eigenvalue weighted by Gasteiger charge is 2.24. The summed E-state index contributed by atoms with van der Waals surface area (Å²) in [4.78, 5) is 31.9. The van der Waals surface area contributed by atoms with Crippen LogP contribution < -0.4 is 10.6 Å². The third-order valence-electron chi connectivity index (χ3n) is 3.37. The number of anilines is 1. The monoisotopic (exact) mass is 348 g/mol. The second-order valence-electron chi connectivity index (χ2n) is 5.01. The Hall–Kier alpha value is -2.46. The van der Waals surface area contributed by atoms with E-state index in [0.717, 1.165) is 0 Å². The molecule has 9 nitrogen and oxygen atoms in total. The van der Waals surface area contributed by atoms with E-state index >= 15 is 0 Å². The number of aromatic nitrogens is 4. The van der Waals surface area contributed by atoms with Crippen molar-refractivity contribution in [2.45, 2.75) is 11.6 Å². The van der Waals surface area contributed by atoms with Gasteiger partial charge in [-0.15, -0.1) is 0 Å². The first kappa shape index (κ1) is 16.4. The fourth-order valence-electron chi connectivity index (χ4n) is 2.26. The van der Waals surface area contributed by atoms with Gasteiger partial charge in [-0.3, -0.25) is 14.9 Å². The number of hydrogen-bond donors (Lipinski definition) is 2. The van der Waals surface area contributed by atoms with Crippen LogP contribution in [0.2, 0.25) is 0 Å². The van der Waals surface area contributed by atoms with Gasteiger partial charge in [0.2, 0.25) is 11.9 Å². The number of thioether (sulfide) groups is 1. The Morgan fingerprint density at radius 2 is 2.29 bits per heavy atom. The first-order chi connectivity index (χ1) is 11.6. The molecule has 0 aliphatic carbocycles. The summed E-state index contributed by atoms with van der Waals surface area (Å²) in [6.07, 6.45) is 5.18. The quantitative estimate of drug-likeness (QED) is 0.333. The molecule has 2 amide bonds. The van der Waals surface area contributed by atoms with Crippen molar-refractivity contribution >= 4 is 41.2 Å². The van der Waals surface area contributed by atoms with E-state index in [1.807, 2.05) is 6.26 Å². The molecule has 3 heterocycles. The zero-order valence-electron chi connectivity index (χ0n) is 13.2. The fourth-order valence-corrected chi connectivity index (χ4v) is 2.61. The molecule has 1 aliphatic rings. The third-order valence-corrected chi connectivity index (χ3v) is 3.92. The average molecular weight is 348 g/mol. The van der Waals surface area contributed by atoms with Gasteiger partial charge in [0.25, 0.3) is 5.91 Å². The van der Waals surface area contributed by atoms with Gasteiger partial charge in [0.1, 0.15) is 0 Å². The first-order valence-corrected chi connectivity index (χ1v) is 8.42. The van der Waals surface area contributed by atoms with E-state index in [0.29, 0.717) is 41.0 Å². The number of ether oxygens (including phenoxy) is 1. The lowest BCUT2D eigenvalue weighted by molar-refractivity contribution is -0.124. The number of hydrogen-bond acceptors (Lipinski definition) is 8. The first-order valence-electron chi connectivity index (χ1n) is 7.19. The van der Waals surface area contributed by atoms with Crippen LogP contribution in [0.5, 0.6) is 0 Å². The SMILES string of the molecule is COCCNc1nc(SC)nc2c(C=C3CC(=O)NC3=O)cnn12. The van der Waals surface area contributed by atoms with Gasteiger partial charge >= 0.3 is 0 Å². The largest absolute Gasteiger partial charge is 0.383 e. The standard InChI is InChI=1S/C14H16N6O3S/c1-23-4-3-15-13-19-14(24-2)18-11-9(7-16-20(11)13)5-8-6-10(21)17-12(8)22/h5,7H,3-4,6H2,1-2H3,(H,15,18,19)(H,17,21,22). The molecule has 1 fully saturated rings. The van der Waals surface area contributed by atoms with Gasteiger partial charge in [0, 0.05) is 24.8 Å². The van der Waals surface area contributed by atoms with Gasteiger partial charge in [-0.1, -0.05) is 11.8 Å². The molecule has 126 valence electrons. The predicted molar refractivity (Wildman–Crippen MR) is 88.7 cm³/mol. The maximum atomic E-state index is 11.7. The van der Waals surface area contributed by atoms with Gasteiger partial charge in [-0.2, -0.15) is 14.6 Å². The number of nitrogens with one attached hydrogen (secondary N) is 2. The molecule has 0 atom stereocenters. The molecule has 0 bridgehead atoms. The number of nitrogens with zero attached hydrogens (tertiary/aromatic N) is 4. The van der Waals surface area contributed by atoms with Gasteiger partial charge in [-0.05, 0) is 12.3 Å². The number of carbonyl (C=O) groups excluding carboxylic acids is 2. The molecule has 2 aromatic rings. The van der Waals surface area contributed by atoms with Gasteiger partial charge in [-0.25, -0.2) is 4.98 Å². The van der Waals surface area contributed by atoms with Gasteiger partial charge in [0.05, 0.1) is 19.2 Å². The van der Waals surface area contributed by atoms with Gasteiger partial charge < -0.3 is 10.1 Å². The van der Waals surface area contributed by atoms with E-state index in [9.17, 15) is 9.59 Å². The molecule has 0 saturated carbocycles. The third kappa shape index (κ3) is 3.24. The second kappa shape index (κ2) is 6.97. The molecule has 2 N–H and O–H groups in total. The maximum absolute atomic E-state index is 11.7. The Labute approximate surface area is 141 Å². The Bertz CT molecular complexity index is 831. The highest BCUT2D eigenvalue weighted by molar-refractivity contribution is 7.98. The van der Waals surface area contributed by atoms with Gasteiger partial charge in [0.15, 0.2) is 10.8 Å². The predicted octanol–water partition coefficient (Wildman–Crippen LogP) is 0.334. The van der Waals surface area contributed by atoms with E-state index in [-0.39, 0.29) is 18.2 Å². The summed E-state index contributed by atoms with van der Waals surface area (Å²) >= 11 is 1.40. The molecule has 2 aromatic heterocycles. The van der Waals surface area contributed by atoms with E-state index in [1.54, 1.807) is 23.9 Å². The zero-order chi connectivity index (χ0) is 17.1. The van der Waals surface area contributed by atoms with Crippen LogP contribution in [0.1, 0.15) is 12.0 Å². The van der Waals surface area contributed by atoms with Crippen molar-refractivity contribution in [2.24, 2.45) is 0 Å². The van der Waals surface area contributed by atoms with Crippen LogP contribution in [0.4, 0.5) is 5.95 Å². The van der Waals surface area contributed by atoms with Crippen molar-refractivity contribution in [1.82, 2.24) is 24.9 Å². The molecule has 0 unspecified atom stereocenters. The number of amides is 2. The normalized spacial score (nSPS) is 16.2. The molecule has 0 radical (unpaired) electrons. The highest BCUT2D eigenvalue weighted by Crippen LogP contribution is 2.21. The highest BCUT2D eigenvalue weighted by atomic mass is 32.2. The van der Waals surface area contributed by atoms with E-state index in [4.69, 9.17) is 4.74 Å². The molecule has 0 aromatic carbocycles. The van der Waals surface area contributed by atoms with Crippen molar-refractivity contribution < 1.29 is 14.3 Å². The minimum absolute atomic E-state index is 0.0651. The Kier molecular flexibility index (Phi) is 4.76. The summed E-state index contributed by atoms with van der Waals surface area (Å²) < 4.78 is 6.59. The molecule has 1 aliphatic heterocycles. The summed E-state index contributed by atoms with van der Waals surface area (Å²) in [7, 11) is 1.62. The number of methoxy groups -OCH3 is 1. The summed E-state index contributed by atoms with van der Waals surface area (Å²) in [6, 6.07) is 0. The van der Waals surface area contributed by atoms with Crippen LogP contribution in [0.25, 0.3) is 11.7 Å². The Balaban J connectivity index is 2.01. The van der Waals surface area contributed by atoms with Crippen molar-refractivity contribution in [3.8, 4) is 0 Å². The molecule has 24 heavy (non-hydrogen) atoms. The van der Waals surface area contributed by atoms with E-state index in [2.05, 4.69) is 25.7 Å². The summed E-state index contributed by atoms with van der Waals surface area (Å²) in [5, 5.41) is 10.3. The molecular formula is C14H16N6O3S. The number of rotatable bonds is 6. The van der Waals surface area contributed by atoms with Crippen LogP contribution in [0, 0.1) is 0 Å². The van der Waals surface area contributed by atoms with Crippen LogP contribution in [0.3, 0.4) is 0 Å². The Morgan fingerprint density at radius 3 is 2.96 bits per heavy atom. The number of carbonyl (C=O) groups is 2. The van der Waals surface area contributed by atoms with Crippen molar-refractivity contribution in [3.63, 3.8) is 0 Å². The average Bonchev–Trinajstić information content (AvgIpc) is 3.11. The van der Waals surface area contributed by atoms with Crippen molar-refractivity contribution in [2.75, 3.05) is 31.8 Å². The Morgan fingerprint density at radius 1 is 1.46 bits per heavy atom. The summed E-state index contributed by atoms with van der Waals surface area (Å²) in [6.45, 7) is 1.10. The molecule has 0 spiro atoms. The molecule has 3 rings (SSSR count). The van der Waals surface area contributed by atoms with Crippen LogP contribution in [-0.4, -0.2) is 57.9 Å². The topological polar surface area (TPSA) is 111 Å². The molecular weight excluding hydrogens is 332 g/mol. The van der Waals surface area contributed by atoms with E-state index < -0.39 is 0 Å². The maximum Gasteiger partial charge on any atom is 0.254 e. The van der Waals surface area contributed by atoms with Crippen molar-refractivity contribution in [1.29, 1.82) is 0 Å². The van der Waals surface area contributed by atoms with Crippen LogP contribution >= 0.6 is 11.8 Å². The minimum atomic E-state index is -0.378. The zero-order valence-corrected chi connectivity index (χ0v) is 14.0. The van der Waals surface area contributed by atoms with Crippen LogP contribution in [-0.2, 0) is 14.3 Å². The summed E-state index contributed by atoms with van der Waals surface area (Å²) in [5.41, 5.74) is 1.62. The lowest BCUT2D eigenvalue weighted by Crippen LogP contribution is -2.19. The number of imide groups is 1. The molecule has 1 saturated heterocycles. The summed E-state index contributed by atoms with van der Waals surface area (Å²) in [5.74, 6) is -0.140. The van der Waals surface area contributed by atoms with E-state index in [1.165, 1.54) is 11.8 Å². The van der Waals surface area contributed by atoms with Crippen LogP contribution in [0.15, 0.2) is 16.9 Å². The minimum Gasteiger partial charge on any atom is -0.383 e. The second-order valence-corrected chi connectivity index (χ2v) is 5.79. The smallest absolute Gasteiger partial charge is 0.254 e. The lowest BCUT2D eigenvalue weighted by Gasteiger charge is -2.08. The van der Waals surface area contributed by atoms with Crippen molar-refractivity contribution in [3.05, 3.63) is 17.3 Å².